The van der Waals surface area contributed by atoms with Gasteiger partial charge in [0, 0.05) is 18.9 Å². The van der Waals surface area contributed by atoms with Crippen molar-refractivity contribution in [1.82, 2.24) is 4.98 Å². The third-order valence-corrected chi connectivity index (χ3v) is 4.06. The second kappa shape index (κ2) is 5.89. The zero-order chi connectivity index (χ0) is 14.6. The lowest BCUT2D eigenvalue weighted by molar-refractivity contribution is 0.282. The summed E-state index contributed by atoms with van der Waals surface area (Å²) in [5.74, 6) is 0.594. The number of anilines is 2. The van der Waals surface area contributed by atoms with Gasteiger partial charge in [-0.25, -0.2) is 13.4 Å². The topological polar surface area (TPSA) is 91.3 Å². The molecule has 0 amide bonds. The lowest BCUT2D eigenvalue weighted by Gasteiger charge is -2.08. The molecular formula is C13H15N3O3S. The van der Waals surface area contributed by atoms with Gasteiger partial charge in [0.05, 0.1) is 6.61 Å². The van der Waals surface area contributed by atoms with E-state index in [9.17, 15) is 8.42 Å². The van der Waals surface area contributed by atoms with Crippen molar-refractivity contribution >= 4 is 21.5 Å². The number of sulfonamides is 1. The Balaban J connectivity index is 2.20. The lowest BCUT2D eigenvalue weighted by Crippen LogP contribution is -2.13. The molecule has 1 heterocycles. The van der Waals surface area contributed by atoms with Crippen molar-refractivity contribution in [2.45, 2.75) is 11.5 Å². The zero-order valence-corrected chi connectivity index (χ0v) is 11.7. The second-order valence-corrected chi connectivity index (χ2v) is 5.77. The van der Waals surface area contributed by atoms with E-state index in [1.807, 2.05) is 0 Å². The number of nitrogens with one attached hydrogen (secondary N) is 2. The fourth-order valence-electron chi connectivity index (χ4n) is 1.58. The van der Waals surface area contributed by atoms with Gasteiger partial charge >= 0.3 is 0 Å². The maximum absolute atomic E-state index is 12.1. The van der Waals surface area contributed by atoms with E-state index in [0.29, 0.717) is 17.1 Å². The van der Waals surface area contributed by atoms with Crippen LogP contribution in [-0.2, 0) is 16.6 Å². The number of hydrogen-bond donors (Lipinski definition) is 3. The van der Waals surface area contributed by atoms with Gasteiger partial charge in [0.15, 0.2) is 0 Å². The van der Waals surface area contributed by atoms with Gasteiger partial charge in [-0.15, -0.1) is 0 Å². The minimum Gasteiger partial charge on any atom is -0.392 e. The van der Waals surface area contributed by atoms with Crippen LogP contribution < -0.4 is 10.0 Å². The summed E-state index contributed by atoms with van der Waals surface area (Å²) in [6, 6.07) is 9.56. The number of nitrogens with zero attached hydrogens (tertiary/aromatic N) is 1. The van der Waals surface area contributed by atoms with Crippen molar-refractivity contribution in [3.63, 3.8) is 0 Å². The summed E-state index contributed by atoms with van der Waals surface area (Å²) in [5, 5.41) is 11.8. The first-order chi connectivity index (χ1) is 9.55. The highest BCUT2D eigenvalue weighted by atomic mass is 32.2. The Morgan fingerprint density at radius 1 is 1.15 bits per heavy atom. The summed E-state index contributed by atoms with van der Waals surface area (Å²) in [4.78, 5) is 4.05. The van der Waals surface area contributed by atoms with Gasteiger partial charge < -0.3 is 10.4 Å². The number of benzene rings is 1. The van der Waals surface area contributed by atoms with Crippen LogP contribution in [-0.4, -0.2) is 25.6 Å². The van der Waals surface area contributed by atoms with Crippen molar-refractivity contribution in [1.29, 1.82) is 0 Å². The Bertz CT molecular complexity index is 667. The maximum atomic E-state index is 12.1. The molecular weight excluding hydrogens is 278 g/mol. The molecule has 0 aliphatic rings. The van der Waals surface area contributed by atoms with Crippen LogP contribution in [0.1, 0.15) is 5.56 Å². The fraction of sp³-hybridized carbons (Fsp3) is 0.154. The van der Waals surface area contributed by atoms with Gasteiger partial charge in [-0.3, -0.25) is 4.72 Å². The van der Waals surface area contributed by atoms with Crippen molar-refractivity contribution in [3.8, 4) is 0 Å². The van der Waals surface area contributed by atoms with E-state index in [-0.39, 0.29) is 11.5 Å². The molecule has 0 spiro atoms. The molecule has 2 rings (SSSR count). The summed E-state index contributed by atoms with van der Waals surface area (Å²) in [7, 11) is -1.95. The molecule has 6 nitrogen and oxygen atoms in total. The summed E-state index contributed by atoms with van der Waals surface area (Å²) in [6.07, 6.45) is 1.29. The average Bonchev–Trinajstić information content (AvgIpc) is 2.48. The molecule has 2 aromatic rings. The van der Waals surface area contributed by atoms with E-state index in [4.69, 9.17) is 5.11 Å². The first-order valence-corrected chi connectivity index (χ1v) is 7.40. The number of pyridine rings is 1. The van der Waals surface area contributed by atoms with Crippen LogP contribution in [0.25, 0.3) is 0 Å². The maximum Gasteiger partial charge on any atom is 0.263 e. The number of aromatic nitrogens is 1. The molecule has 0 aliphatic heterocycles. The highest BCUT2D eigenvalue weighted by Crippen LogP contribution is 2.17. The molecule has 0 atom stereocenters. The minimum absolute atomic E-state index is 0.0809. The first kappa shape index (κ1) is 14.3. The van der Waals surface area contributed by atoms with E-state index in [1.54, 1.807) is 37.4 Å². The quantitative estimate of drug-likeness (QED) is 0.775. The van der Waals surface area contributed by atoms with Gasteiger partial charge in [-0.05, 0) is 29.8 Å². The average molecular weight is 293 g/mol. The summed E-state index contributed by atoms with van der Waals surface area (Å²) in [5.41, 5.74) is 1.15. The van der Waals surface area contributed by atoms with Crippen molar-refractivity contribution in [2.24, 2.45) is 0 Å². The third-order valence-electron chi connectivity index (χ3n) is 2.69. The van der Waals surface area contributed by atoms with Crippen LogP contribution in [0.5, 0.6) is 0 Å². The normalized spacial score (nSPS) is 11.1. The predicted octanol–water partition coefficient (Wildman–Crippen LogP) is 1.42. The molecule has 106 valence electrons. The van der Waals surface area contributed by atoms with Gasteiger partial charge in [-0.2, -0.15) is 0 Å². The minimum atomic E-state index is -3.66. The van der Waals surface area contributed by atoms with E-state index < -0.39 is 10.0 Å². The third kappa shape index (κ3) is 3.25. The van der Waals surface area contributed by atoms with Crippen LogP contribution in [0.2, 0.25) is 0 Å². The van der Waals surface area contributed by atoms with Gasteiger partial charge in [0.25, 0.3) is 10.0 Å². The number of aliphatic hydroxyl groups excluding tert-OH is 1. The number of rotatable bonds is 5. The van der Waals surface area contributed by atoms with E-state index in [2.05, 4.69) is 15.0 Å². The highest BCUT2D eigenvalue weighted by Gasteiger charge is 2.14. The Kier molecular flexibility index (Phi) is 4.21. The molecule has 20 heavy (non-hydrogen) atoms. The molecule has 0 aliphatic carbocycles. The molecule has 0 bridgehead atoms. The van der Waals surface area contributed by atoms with Crippen LogP contribution in [0.15, 0.2) is 47.5 Å². The number of hydrogen-bond acceptors (Lipinski definition) is 5. The highest BCUT2D eigenvalue weighted by molar-refractivity contribution is 7.92. The fourth-order valence-corrected chi connectivity index (χ4v) is 2.58. The SMILES string of the molecule is CNc1ccc(S(=O)(=O)Nc2ccc(CO)cc2)cn1. The van der Waals surface area contributed by atoms with Crippen LogP contribution in [0, 0.1) is 0 Å². The molecule has 0 saturated carbocycles. The molecule has 0 radical (unpaired) electrons. The molecule has 0 saturated heterocycles. The molecule has 0 fully saturated rings. The molecule has 1 aromatic carbocycles. The Morgan fingerprint density at radius 2 is 1.85 bits per heavy atom. The molecule has 0 unspecified atom stereocenters. The van der Waals surface area contributed by atoms with Gasteiger partial charge in [-0.1, -0.05) is 12.1 Å². The Hall–Kier alpha value is -2.12. The van der Waals surface area contributed by atoms with Crippen LogP contribution in [0.4, 0.5) is 11.5 Å². The van der Waals surface area contributed by atoms with Crippen molar-refractivity contribution in [2.75, 3.05) is 17.1 Å². The lowest BCUT2D eigenvalue weighted by atomic mass is 10.2. The second-order valence-electron chi connectivity index (χ2n) is 4.09. The van der Waals surface area contributed by atoms with Crippen molar-refractivity contribution < 1.29 is 13.5 Å². The van der Waals surface area contributed by atoms with E-state index >= 15 is 0 Å². The standard InChI is InChI=1S/C13H15N3O3S/c1-14-13-7-6-12(8-15-13)20(18,19)16-11-4-2-10(9-17)3-5-11/h2-8,16-17H,9H2,1H3,(H,14,15). The van der Waals surface area contributed by atoms with Gasteiger partial charge in [0.2, 0.25) is 0 Å². The number of aliphatic hydroxyl groups is 1. The van der Waals surface area contributed by atoms with E-state index in [0.717, 1.165) is 0 Å². The zero-order valence-electron chi connectivity index (χ0n) is 10.9. The summed E-state index contributed by atoms with van der Waals surface area (Å²) >= 11 is 0. The van der Waals surface area contributed by atoms with Crippen LogP contribution in [0.3, 0.4) is 0 Å². The van der Waals surface area contributed by atoms with Crippen molar-refractivity contribution in [3.05, 3.63) is 48.2 Å². The Labute approximate surface area is 117 Å². The predicted molar refractivity (Wildman–Crippen MR) is 77.0 cm³/mol. The monoisotopic (exact) mass is 293 g/mol. The first-order valence-electron chi connectivity index (χ1n) is 5.91. The summed E-state index contributed by atoms with van der Waals surface area (Å²) in [6.45, 7) is -0.0809. The molecule has 7 heteroatoms. The molecule has 3 N–H and O–H groups in total. The largest absolute Gasteiger partial charge is 0.392 e. The Morgan fingerprint density at radius 3 is 2.35 bits per heavy atom. The summed E-state index contributed by atoms with van der Waals surface area (Å²) < 4.78 is 26.7. The van der Waals surface area contributed by atoms with Gasteiger partial charge in [0.1, 0.15) is 10.7 Å². The van der Waals surface area contributed by atoms with Crippen LogP contribution >= 0.6 is 0 Å². The smallest absolute Gasteiger partial charge is 0.263 e. The van der Waals surface area contributed by atoms with E-state index in [1.165, 1.54) is 12.3 Å². The molecule has 1 aromatic heterocycles.